The third kappa shape index (κ3) is 9.59. The molecule has 0 bridgehead atoms. The molecule has 12 heteroatoms. The van der Waals surface area contributed by atoms with Crippen LogP contribution in [0.3, 0.4) is 0 Å². The Morgan fingerprint density at radius 3 is 2.04 bits per heavy atom. The quantitative estimate of drug-likeness (QED) is 0.165. The van der Waals surface area contributed by atoms with Gasteiger partial charge in [-0.1, -0.05) is 92.2 Å². The number of amides is 2. The van der Waals surface area contributed by atoms with E-state index in [1.54, 1.807) is 42.5 Å². The van der Waals surface area contributed by atoms with Crippen molar-refractivity contribution in [3.63, 3.8) is 0 Å². The highest BCUT2D eigenvalue weighted by Gasteiger charge is 2.36. The first-order chi connectivity index (χ1) is 22.3. The minimum Gasteiger partial charge on any atom is -0.354 e. The van der Waals surface area contributed by atoms with E-state index in [4.69, 9.17) is 11.6 Å². The molecule has 0 aromatic heterocycles. The lowest BCUT2D eigenvalue weighted by molar-refractivity contribution is -0.140. The van der Waals surface area contributed by atoms with Crippen LogP contribution >= 0.6 is 11.6 Å². The van der Waals surface area contributed by atoms with Crippen LogP contribution in [0.2, 0.25) is 5.02 Å². The van der Waals surface area contributed by atoms with Crippen LogP contribution in [-0.4, -0.2) is 44.3 Å². The first kappa shape index (κ1) is 35.5. The number of carbonyl (C=O) groups is 2. The van der Waals surface area contributed by atoms with Gasteiger partial charge in [0.05, 0.1) is 16.1 Å². The predicted octanol–water partition coefficient (Wildman–Crippen LogP) is 6.97. The molecular weight excluding hydrogens is 651 g/mol. The fourth-order valence-electron chi connectivity index (χ4n) is 4.85. The Morgan fingerprint density at radius 1 is 0.830 bits per heavy atom. The summed E-state index contributed by atoms with van der Waals surface area (Å²) in [6, 6.07) is 25.5. The van der Waals surface area contributed by atoms with Gasteiger partial charge in [-0.05, 0) is 59.5 Å². The summed E-state index contributed by atoms with van der Waals surface area (Å²) >= 11 is 6.09. The molecule has 4 rings (SSSR count). The molecule has 4 aromatic carbocycles. The molecule has 0 saturated heterocycles. The van der Waals surface area contributed by atoms with E-state index in [2.05, 4.69) is 5.32 Å². The topological polar surface area (TPSA) is 86.8 Å². The first-order valence-electron chi connectivity index (χ1n) is 14.9. The van der Waals surface area contributed by atoms with Crippen molar-refractivity contribution in [3.05, 3.63) is 131 Å². The van der Waals surface area contributed by atoms with Gasteiger partial charge >= 0.3 is 6.18 Å². The Balaban J connectivity index is 1.83. The van der Waals surface area contributed by atoms with E-state index in [0.717, 1.165) is 17.7 Å². The summed E-state index contributed by atoms with van der Waals surface area (Å²) in [5.41, 5.74) is -0.0807. The van der Waals surface area contributed by atoms with Gasteiger partial charge in [-0.2, -0.15) is 13.2 Å². The number of anilines is 1. The third-order valence-corrected chi connectivity index (χ3v) is 9.33. The van der Waals surface area contributed by atoms with E-state index in [1.165, 1.54) is 35.2 Å². The van der Waals surface area contributed by atoms with Gasteiger partial charge in [-0.3, -0.25) is 13.9 Å². The molecule has 1 atom stereocenters. The highest BCUT2D eigenvalue weighted by Crippen LogP contribution is 2.33. The summed E-state index contributed by atoms with van der Waals surface area (Å²) in [7, 11) is -4.55. The van der Waals surface area contributed by atoms with Gasteiger partial charge in [0.15, 0.2) is 0 Å². The summed E-state index contributed by atoms with van der Waals surface area (Å²) in [5.74, 6) is -1.15. The van der Waals surface area contributed by atoms with Gasteiger partial charge in [0, 0.05) is 24.5 Å². The zero-order valence-corrected chi connectivity index (χ0v) is 27.4. The maximum absolute atomic E-state index is 14.4. The van der Waals surface area contributed by atoms with E-state index in [0.29, 0.717) is 27.5 Å². The Bertz CT molecular complexity index is 1750. The second-order valence-electron chi connectivity index (χ2n) is 11.4. The molecule has 0 aliphatic rings. The molecule has 248 valence electrons. The molecule has 0 spiro atoms. The molecule has 0 heterocycles. The number of hydrogen-bond acceptors (Lipinski definition) is 4. The number of nitrogens with zero attached hydrogens (tertiary/aromatic N) is 2. The minimum absolute atomic E-state index is 0.0963. The average Bonchev–Trinajstić information content (AvgIpc) is 3.05. The number of sulfonamides is 1. The van der Waals surface area contributed by atoms with Crippen LogP contribution in [0.5, 0.6) is 0 Å². The number of hydrogen-bond donors (Lipinski definition) is 1. The summed E-state index contributed by atoms with van der Waals surface area (Å²) in [6.45, 7) is 3.18. The van der Waals surface area contributed by atoms with Crippen LogP contribution in [0.25, 0.3) is 0 Å². The van der Waals surface area contributed by atoms with E-state index >= 15 is 0 Å². The second-order valence-corrected chi connectivity index (χ2v) is 13.7. The molecule has 2 amide bonds. The van der Waals surface area contributed by atoms with Crippen LogP contribution in [-0.2, 0) is 38.8 Å². The van der Waals surface area contributed by atoms with Crippen molar-refractivity contribution in [3.8, 4) is 0 Å². The third-order valence-electron chi connectivity index (χ3n) is 7.29. The fraction of sp³-hybridized carbons (Fsp3) is 0.257. The number of halogens is 4. The highest BCUT2D eigenvalue weighted by molar-refractivity contribution is 7.92. The molecule has 0 aliphatic heterocycles. The lowest BCUT2D eigenvalue weighted by Crippen LogP contribution is -2.53. The zero-order chi connectivity index (χ0) is 34.2. The number of carbonyl (C=O) groups excluding carboxylic acids is 2. The molecule has 0 aliphatic carbocycles. The molecule has 0 saturated carbocycles. The maximum atomic E-state index is 14.4. The Labute approximate surface area is 278 Å². The second kappa shape index (κ2) is 15.5. The Kier molecular flexibility index (Phi) is 11.7. The molecule has 7 nitrogen and oxygen atoms in total. The van der Waals surface area contributed by atoms with Crippen molar-refractivity contribution in [1.82, 2.24) is 10.2 Å². The Hall–Kier alpha value is -4.35. The van der Waals surface area contributed by atoms with Crippen molar-refractivity contribution in [1.29, 1.82) is 0 Å². The normalized spacial score (nSPS) is 12.4. The fourth-order valence-corrected chi connectivity index (χ4v) is 6.40. The first-order valence-corrected chi connectivity index (χ1v) is 16.7. The summed E-state index contributed by atoms with van der Waals surface area (Å²) in [6.07, 6.45) is -4.67. The summed E-state index contributed by atoms with van der Waals surface area (Å²) in [5, 5.41) is 3.34. The number of nitrogens with one attached hydrogen (secondary N) is 1. The van der Waals surface area contributed by atoms with Gasteiger partial charge in [-0.15, -0.1) is 0 Å². The van der Waals surface area contributed by atoms with Crippen molar-refractivity contribution in [2.75, 3.05) is 17.4 Å². The van der Waals surface area contributed by atoms with Crippen molar-refractivity contribution in [2.24, 2.45) is 5.92 Å². The largest absolute Gasteiger partial charge is 0.416 e. The van der Waals surface area contributed by atoms with Gasteiger partial charge in [0.2, 0.25) is 11.8 Å². The Morgan fingerprint density at radius 2 is 1.45 bits per heavy atom. The molecule has 0 fully saturated rings. The van der Waals surface area contributed by atoms with E-state index < -0.39 is 46.2 Å². The maximum Gasteiger partial charge on any atom is 0.416 e. The molecule has 0 unspecified atom stereocenters. The summed E-state index contributed by atoms with van der Waals surface area (Å²) < 4.78 is 69.9. The van der Waals surface area contributed by atoms with Gasteiger partial charge < -0.3 is 10.2 Å². The van der Waals surface area contributed by atoms with Crippen molar-refractivity contribution in [2.45, 2.75) is 43.9 Å². The van der Waals surface area contributed by atoms with Crippen LogP contribution in [0.4, 0.5) is 18.9 Å². The highest BCUT2D eigenvalue weighted by atomic mass is 35.5. The number of rotatable bonds is 13. The molecular formula is C35H35ClF3N3O4S. The van der Waals surface area contributed by atoms with E-state index in [9.17, 15) is 31.2 Å². The smallest absolute Gasteiger partial charge is 0.354 e. The zero-order valence-electron chi connectivity index (χ0n) is 25.8. The SMILES string of the molecule is CC(C)CNC(=O)[C@H](Cc1ccccc1)N(Cc1ccc(Cl)cc1)C(=O)CN(c1cccc(C(F)(F)F)c1)S(=O)(=O)c1ccccc1. The van der Waals surface area contributed by atoms with E-state index in [-0.39, 0.29) is 29.5 Å². The number of alkyl halides is 3. The average molecular weight is 686 g/mol. The lowest BCUT2D eigenvalue weighted by atomic mass is 10.0. The minimum atomic E-state index is -4.77. The molecule has 1 N–H and O–H groups in total. The standard InChI is InChI=1S/C35H35ClF3N3O4S/c1-25(2)22-40-34(44)32(20-26-10-5-3-6-11-26)41(23-27-16-18-29(36)19-17-27)33(43)24-42(47(45,46)31-14-7-4-8-15-31)30-13-9-12-28(21-30)35(37,38)39/h3-19,21,25,32H,20,22-24H2,1-2H3,(H,40,44)/t32-/m0/s1. The van der Waals surface area contributed by atoms with Gasteiger partial charge in [0.1, 0.15) is 12.6 Å². The van der Waals surface area contributed by atoms with Crippen LogP contribution in [0.1, 0.15) is 30.5 Å². The number of benzene rings is 4. The van der Waals surface area contributed by atoms with Crippen molar-refractivity contribution >= 4 is 39.1 Å². The van der Waals surface area contributed by atoms with E-state index in [1.807, 2.05) is 32.0 Å². The lowest BCUT2D eigenvalue weighted by Gasteiger charge is -2.34. The van der Waals surface area contributed by atoms with Crippen molar-refractivity contribution < 1.29 is 31.2 Å². The van der Waals surface area contributed by atoms with Gasteiger partial charge in [0.25, 0.3) is 10.0 Å². The monoisotopic (exact) mass is 685 g/mol. The summed E-state index contributed by atoms with van der Waals surface area (Å²) in [4.78, 5) is 29.3. The van der Waals surface area contributed by atoms with Crippen LogP contribution < -0.4 is 9.62 Å². The molecule has 47 heavy (non-hydrogen) atoms. The predicted molar refractivity (Wildman–Crippen MR) is 176 cm³/mol. The van der Waals surface area contributed by atoms with Crippen LogP contribution in [0.15, 0.2) is 114 Å². The van der Waals surface area contributed by atoms with Gasteiger partial charge in [-0.25, -0.2) is 8.42 Å². The molecule has 0 radical (unpaired) electrons. The van der Waals surface area contributed by atoms with Crippen LogP contribution in [0, 0.1) is 5.92 Å². The molecule has 4 aromatic rings.